The molecule has 1 aromatic heterocycles. The molecule has 0 spiro atoms. The van der Waals surface area contributed by atoms with E-state index < -0.39 is 0 Å². The minimum Gasteiger partial charge on any atom is -0.373 e. The second-order valence-electron chi connectivity index (χ2n) is 4.07. The Morgan fingerprint density at radius 1 is 1.53 bits per heavy atom. The Morgan fingerprint density at radius 2 is 2.29 bits per heavy atom. The number of amides is 1. The third-order valence-electron chi connectivity index (χ3n) is 2.87. The molecule has 6 nitrogen and oxygen atoms in total. The maximum absolute atomic E-state index is 11.6. The summed E-state index contributed by atoms with van der Waals surface area (Å²) in [7, 11) is 1.82. The zero-order valence-corrected chi connectivity index (χ0v) is 10.3. The summed E-state index contributed by atoms with van der Waals surface area (Å²) in [6.07, 6.45) is 0. The molecular formula is C11H17N5O. The average Bonchev–Trinajstić information content (AvgIpc) is 2.31. The number of rotatable bonds is 2. The first-order chi connectivity index (χ1) is 8.11. The lowest BCUT2D eigenvalue weighted by Crippen LogP contribution is -2.54. The van der Waals surface area contributed by atoms with Gasteiger partial charge in [0, 0.05) is 26.2 Å². The van der Waals surface area contributed by atoms with Crippen LogP contribution >= 0.6 is 0 Å². The predicted octanol–water partition coefficient (Wildman–Crippen LogP) is 0.151. The molecule has 6 heteroatoms. The molecule has 1 aliphatic rings. The molecule has 1 unspecified atom stereocenters. The predicted molar refractivity (Wildman–Crippen MR) is 66.1 cm³/mol. The fraction of sp³-hybridized carbons (Fsp3) is 0.545. The van der Waals surface area contributed by atoms with Crippen LogP contribution in [0, 0.1) is 6.92 Å². The molecule has 2 heterocycles. The molecule has 0 radical (unpaired) electrons. The van der Waals surface area contributed by atoms with E-state index in [9.17, 15) is 4.79 Å². The lowest BCUT2D eigenvalue weighted by atomic mass is 10.2. The van der Waals surface area contributed by atoms with Crippen LogP contribution in [0.2, 0.25) is 0 Å². The van der Waals surface area contributed by atoms with Crippen molar-refractivity contribution in [1.29, 1.82) is 0 Å². The Morgan fingerprint density at radius 3 is 3.00 bits per heavy atom. The number of carbonyl (C=O) groups is 1. The Balaban J connectivity index is 2.32. The highest BCUT2D eigenvalue weighted by Gasteiger charge is 2.26. The Hall–Kier alpha value is -1.85. The van der Waals surface area contributed by atoms with E-state index in [2.05, 4.69) is 20.6 Å². The summed E-state index contributed by atoms with van der Waals surface area (Å²) in [5.74, 6) is 2.30. The van der Waals surface area contributed by atoms with E-state index in [4.69, 9.17) is 0 Å². The fourth-order valence-electron chi connectivity index (χ4n) is 1.92. The molecule has 1 amide bonds. The van der Waals surface area contributed by atoms with E-state index >= 15 is 0 Å². The summed E-state index contributed by atoms with van der Waals surface area (Å²) in [4.78, 5) is 22.2. The minimum absolute atomic E-state index is 0.0403. The largest absolute Gasteiger partial charge is 0.373 e. The first kappa shape index (κ1) is 11.6. The molecule has 17 heavy (non-hydrogen) atoms. The lowest BCUT2D eigenvalue weighted by Gasteiger charge is -2.33. The summed E-state index contributed by atoms with van der Waals surface area (Å²) in [6.45, 7) is 5.15. The van der Waals surface area contributed by atoms with Gasteiger partial charge in [-0.3, -0.25) is 4.79 Å². The quantitative estimate of drug-likeness (QED) is 0.763. The number of nitrogens with one attached hydrogen (secondary N) is 2. The number of anilines is 2. The summed E-state index contributed by atoms with van der Waals surface area (Å²) in [5, 5.41) is 5.83. The van der Waals surface area contributed by atoms with Crippen LogP contribution in [-0.2, 0) is 4.79 Å². The third-order valence-corrected chi connectivity index (χ3v) is 2.87. The number of aromatic nitrogens is 2. The molecule has 0 aromatic carbocycles. The summed E-state index contributed by atoms with van der Waals surface area (Å²) >= 11 is 0. The molecule has 1 atom stereocenters. The van der Waals surface area contributed by atoms with Gasteiger partial charge in [0.1, 0.15) is 23.5 Å². The number of piperazine rings is 1. The van der Waals surface area contributed by atoms with Crippen molar-refractivity contribution in [3.8, 4) is 0 Å². The van der Waals surface area contributed by atoms with Crippen LogP contribution in [0.1, 0.15) is 12.7 Å². The molecule has 0 bridgehead atoms. The highest BCUT2D eigenvalue weighted by atomic mass is 16.2. The molecular weight excluding hydrogens is 218 g/mol. The molecule has 0 aliphatic carbocycles. The van der Waals surface area contributed by atoms with Gasteiger partial charge in [-0.05, 0) is 13.8 Å². The standard InChI is InChI=1S/C11H17N5O/c1-7-11(17)13-4-5-16(7)10-6-9(12-3)14-8(2)15-10/h6-7H,4-5H2,1-3H3,(H,13,17)(H,12,14,15). The van der Waals surface area contributed by atoms with Crippen molar-refractivity contribution in [2.75, 3.05) is 30.4 Å². The second kappa shape index (κ2) is 4.57. The van der Waals surface area contributed by atoms with Crippen molar-refractivity contribution in [1.82, 2.24) is 15.3 Å². The molecule has 1 aliphatic heterocycles. The SMILES string of the molecule is CNc1cc(N2CCNC(=O)C2C)nc(C)n1. The van der Waals surface area contributed by atoms with Crippen LogP contribution < -0.4 is 15.5 Å². The molecule has 0 saturated carbocycles. The highest BCUT2D eigenvalue weighted by molar-refractivity contribution is 5.85. The molecule has 1 fully saturated rings. The van der Waals surface area contributed by atoms with Gasteiger partial charge >= 0.3 is 0 Å². The number of hydrogen-bond donors (Lipinski definition) is 2. The van der Waals surface area contributed by atoms with Crippen LogP contribution in [0.3, 0.4) is 0 Å². The zero-order valence-electron chi connectivity index (χ0n) is 10.3. The van der Waals surface area contributed by atoms with E-state index in [1.54, 1.807) is 0 Å². The third kappa shape index (κ3) is 2.30. The van der Waals surface area contributed by atoms with Gasteiger partial charge in [-0.15, -0.1) is 0 Å². The summed E-state index contributed by atoms with van der Waals surface area (Å²) in [6, 6.07) is 1.67. The number of aryl methyl sites for hydroxylation is 1. The van der Waals surface area contributed by atoms with Gasteiger partial charge in [0.15, 0.2) is 0 Å². The normalized spacial score (nSPS) is 20.1. The lowest BCUT2D eigenvalue weighted by molar-refractivity contribution is -0.122. The van der Waals surface area contributed by atoms with Crippen molar-refractivity contribution in [3.63, 3.8) is 0 Å². The van der Waals surface area contributed by atoms with Crippen molar-refractivity contribution in [2.24, 2.45) is 0 Å². The van der Waals surface area contributed by atoms with Gasteiger partial charge in [0.05, 0.1) is 0 Å². The van der Waals surface area contributed by atoms with E-state index in [1.165, 1.54) is 0 Å². The van der Waals surface area contributed by atoms with Crippen molar-refractivity contribution < 1.29 is 4.79 Å². The van der Waals surface area contributed by atoms with Gasteiger partial charge in [-0.2, -0.15) is 0 Å². The Labute approximate surface area is 100 Å². The van der Waals surface area contributed by atoms with Gasteiger partial charge < -0.3 is 15.5 Å². The van der Waals surface area contributed by atoms with E-state index in [0.717, 1.165) is 18.2 Å². The monoisotopic (exact) mass is 235 g/mol. The number of nitrogens with zero attached hydrogens (tertiary/aromatic N) is 3. The van der Waals surface area contributed by atoms with Crippen LogP contribution in [0.25, 0.3) is 0 Å². The molecule has 92 valence electrons. The maximum Gasteiger partial charge on any atom is 0.242 e. The van der Waals surface area contributed by atoms with Gasteiger partial charge in [0.25, 0.3) is 0 Å². The summed E-state index contributed by atoms with van der Waals surface area (Å²) in [5.41, 5.74) is 0. The van der Waals surface area contributed by atoms with Gasteiger partial charge in [-0.1, -0.05) is 0 Å². The van der Waals surface area contributed by atoms with Crippen molar-refractivity contribution in [2.45, 2.75) is 19.9 Å². The number of hydrogen-bond acceptors (Lipinski definition) is 5. The van der Waals surface area contributed by atoms with Gasteiger partial charge in [0.2, 0.25) is 5.91 Å². The molecule has 1 saturated heterocycles. The average molecular weight is 235 g/mol. The van der Waals surface area contributed by atoms with Gasteiger partial charge in [-0.25, -0.2) is 9.97 Å². The Bertz CT molecular complexity index is 434. The molecule has 1 aromatic rings. The van der Waals surface area contributed by atoms with Crippen LogP contribution in [-0.4, -0.2) is 42.1 Å². The first-order valence-corrected chi connectivity index (χ1v) is 5.69. The molecule has 2 rings (SSSR count). The maximum atomic E-state index is 11.6. The van der Waals surface area contributed by atoms with Crippen molar-refractivity contribution >= 4 is 17.5 Å². The topological polar surface area (TPSA) is 70.2 Å². The number of carbonyl (C=O) groups excluding carboxylic acids is 1. The van der Waals surface area contributed by atoms with Crippen molar-refractivity contribution in [3.05, 3.63) is 11.9 Å². The summed E-state index contributed by atoms with van der Waals surface area (Å²) < 4.78 is 0. The van der Waals surface area contributed by atoms with Crippen LogP contribution in [0.15, 0.2) is 6.07 Å². The van der Waals surface area contributed by atoms with Crippen LogP contribution in [0.4, 0.5) is 11.6 Å². The van der Waals surface area contributed by atoms with Crippen LogP contribution in [0.5, 0.6) is 0 Å². The highest BCUT2D eigenvalue weighted by Crippen LogP contribution is 2.19. The van der Waals surface area contributed by atoms with E-state index in [0.29, 0.717) is 12.4 Å². The Kier molecular flexibility index (Phi) is 3.12. The minimum atomic E-state index is -0.192. The zero-order chi connectivity index (χ0) is 12.4. The fourth-order valence-corrected chi connectivity index (χ4v) is 1.92. The second-order valence-corrected chi connectivity index (χ2v) is 4.07. The van der Waals surface area contributed by atoms with E-state index in [1.807, 2.05) is 31.9 Å². The smallest absolute Gasteiger partial charge is 0.242 e. The molecule has 2 N–H and O–H groups in total. The first-order valence-electron chi connectivity index (χ1n) is 5.69. The van der Waals surface area contributed by atoms with E-state index in [-0.39, 0.29) is 11.9 Å².